The highest BCUT2D eigenvalue weighted by Gasteiger charge is 2.47. The summed E-state index contributed by atoms with van der Waals surface area (Å²) in [6.45, 7) is 0. The fraction of sp³-hybridized carbons (Fsp3) is 0.0455. The second-order valence-corrected chi connectivity index (χ2v) is 8.25. The number of halogens is 2. The van der Waals surface area contributed by atoms with Gasteiger partial charge < -0.3 is 5.11 Å². The molecule has 1 aromatic heterocycles. The Hall–Kier alpha value is -2.77. The van der Waals surface area contributed by atoms with Crippen molar-refractivity contribution in [2.75, 3.05) is 4.90 Å². The third kappa shape index (κ3) is 3.63. The van der Waals surface area contributed by atoms with Gasteiger partial charge in [0.15, 0.2) is 0 Å². The van der Waals surface area contributed by atoms with Gasteiger partial charge in [0, 0.05) is 20.7 Å². The Balaban J connectivity index is 1.94. The molecule has 1 aliphatic rings. The summed E-state index contributed by atoms with van der Waals surface area (Å²) < 4.78 is 1.62. The minimum absolute atomic E-state index is 0.0354. The van der Waals surface area contributed by atoms with Crippen LogP contribution in [0.25, 0.3) is 5.76 Å². The largest absolute Gasteiger partial charge is 0.507 e. The molecule has 0 spiro atoms. The van der Waals surface area contributed by atoms with Crippen molar-refractivity contribution in [1.29, 1.82) is 0 Å². The Morgan fingerprint density at radius 2 is 1.55 bits per heavy atom. The van der Waals surface area contributed by atoms with E-state index < -0.39 is 17.7 Å². The summed E-state index contributed by atoms with van der Waals surface area (Å²) in [5.74, 6) is -1.36. The molecule has 144 valence electrons. The maximum Gasteiger partial charge on any atom is 0.301 e. The van der Waals surface area contributed by atoms with Crippen LogP contribution in [0.3, 0.4) is 0 Å². The lowest BCUT2D eigenvalue weighted by molar-refractivity contribution is -0.132. The molecule has 1 fully saturated rings. The predicted molar refractivity (Wildman–Crippen MR) is 117 cm³/mol. The van der Waals surface area contributed by atoms with Gasteiger partial charge >= 0.3 is 5.91 Å². The van der Waals surface area contributed by atoms with Gasteiger partial charge in [0.1, 0.15) is 11.6 Å². The van der Waals surface area contributed by atoms with Gasteiger partial charge in [-0.3, -0.25) is 14.5 Å². The van der Waals surface area contributed by atoms with Crippen LogP contribution in [0.4, 0.5) is 5.82 Å². The van der Waals surface area contributed by atoms with Crippen LogP contribution in [-0.2, 0) is 9.59 Å². The Morgan fingerprint density at radius 1 is 0.897 bits per heavy atom. The molecule has 1 atom stereocenters. The van der Waals surface area contributed by atoms with Gasteiger partial charge in [0.05, 0.1) is 11.6 Å². The van der Waals surface area contributed by atoms with Crippen molar-refractivity contribution in [1.82, 2.24) is 4.98 Å². The van der Waals surface area contributed by atoms with E-state index >= 15 is 0 Å². The summed E-state index contributed by atoms with van der Waals surface area (Å²) in [4.78, 5) is 31.5. The van der Waals surface area contributed by atoms with Crippen molar-refractivity contribution in [3.63, 3.8) is 0 Å². The van der Waals surface area contributed by atoms with Crippen LogP contribution in [-0.4, -0.2) is 21.8 Å². The number of carbonyl (C=O) groups excluding carboxylic acids is 2. The number of hydrogen-bond acceptors (Lipinski definition) is 4. The van der Waals surface area contributed by atoms with Crippen LogP contribution < -0.4 is 4.90 Å². The highest BCUT2D eigenvalue weighted by Crippen LogP contribution is 2.41. The van der Waals surface area contributed by atoms with Gasteiger partial charge in [-0.05, 0) is 45.8 Å². The number of aliphatic hydroxyl groups is 1. The van der Waals surface area contributed by atoms with Gasteiger partial charge in [0.2, 0.25) is 0 Å². The van der Waals surface area contributed by atoms with E-state index in [2.05, 4.69) is 36.8 Å². The van der Waals surface area contributed by atoms with Gasteiger partial charge in [-0.1, -0.05) is 58.4 Å². The predicted octanol–water partition coefficient (Wildman–Crippen LogP) is 5.23. The number of aromatic nitrogens is 1. The summed E-state index contributed by atoms with van der Waals surface area (Å²) in [7, 11) is 0. The van der Waals surface area contributed by atoms with Gasteiger partial charge in [-0.2, -0.15) is 0 Å². The average molecular weight is 514 g/mol. The Labute approximate surface area is 184 Å². The minimum atomic E-state index is -0.794. The van der Waals surface area contributed by atoms with Crippen LogP contribution in [0, 0.1) is 0 Å². The Kier molecular flexibility index (Phi) is 5.34. The first kappa shape index (κ1) is 19.5. The third-order valence-corrected chi connectivity index (χ3v) is 5.63. The van der Waals surface area contributed by atoms with E-state index in [0.29, 0.717) is 16.9 Å². The van der Waals surface area contributed by atoms with Gasteiger partial charge in [0.25, 0.3) is 5.78 Å². The minimum Gasteiger partial charge on any atom is -0.507 e. The van der Waals surface area contributed by atoms with E-state index in [1.807, 2.05) is 30.3 Å². The van der Waals surface area contributed by atoms with E-state index in [-0.39, 0.29) is 11.3 Å². The van der Waals surface area contributed by atoms with Crippen LogP contribution in [0.1, 0.15) is 17.2 Å². The second kappa shape index (κ2) is 7.93. The number of benzene rings is 2. The molecule has 0 aliphatic carbocycles. The maximum atomic E-state index is 13.0. The molecule has 7 heteroatoms. The van der Waals surface area contributed by atoms with Gasteiger partial charge in [-0.25, -0.2) is 4.98 Å². The van der Waals surface area contributed by atoms with Crippen LogP contribution in [0.2, 0.25) is 0 Å². The van der Waals surface area contributed by atoms with Crippen molar-refractivity contribution in [2.24, 2.45) is 0 Å². The monoisotopic (exact) mass is 512 g/mol. The van der Waals surface area contributed by atoms with Crippen LogP contribution in [0.5, 0.6) is 0 Å². The molecular weight excluding hydrogens is 500 g/mol. The number of pyridine rings is 1. The first-order valence-electron chi connectivity index (χ1n) is 8.71. The second-order valence-electron chi connectivity index (χ2n) is 6.42. The van der Waals surface area contributed by atoms with Crippen molar-refractivity contribution >= 4 is 55.1 Å². The molecule has 0 bridgehead atoms. The van der Waals surface area contributed by atoms with Crippen molar-refractivity contribution in [3.8, 4) is 0 Å². The number of anilines is 1. The van der Waals surface area contributed by atoms with Gasteiger partial charge in [-0.15, -0.1) is 0 Å². The molecule has 5 nitrogen and oxygen atoms in total. The summed E-state index contributed by atoms with van der Waals surface area (Å²) >= 11 is 6.73. The molecular formula is C22H14Br2N2O3. The van der Waals surface area contributed by atoms with E-state index in [1.165, 1.54) is 4.90 Å². The molecule has 3 aromatic rings. The molecule has 0 saturated carbocycles. The number of amides is 1. The topological polar surface area (TPSA) is 70.5 Å². The number of Topliss-reactive ketones (excluding diaryl/α,β-unsaturated/α-hetero) is 1. The lowest BCUT2D eigenvalue weighted by atomic mass is 9.95. The standard InChI is InChI=1S/C22H14Br2N2O3/c23-15-8-6-13(7-9-15)19-18(20(27)14-4-2-1-3-5-14)21(28)22(29)26(19)17-11-10-16(24)12-25-17/h1-12,19,27H/b20-18+/t19-/m0/s1. The zero-order valence-corrected chi connectivity index (χ0v) is 18.1. The molecule has 0 unspecified atom stereocenters. The molecule has 1 amide bonds. The number of ketones is 1. The van der Waals surface area contributed by atoms with Crippen LogP contribution in [0.15, 0.2) is 87.4 Å². The van der Waals surface area contributed by atoms with E-state index in [0.717, 1.165) is 8.95 Å². The maximum absolute atomic E-state index is 13.0. The van der Waals surface area contributed by atoms with Crippen molar-refractivity contribution in [3.05, 3.63) is 98.6 Å². The molecule has 2 heterocycles. The third-order valence-electron chi connectivity index (χ3n) is 4.64. The number of rotatable bonds is 3. The summed E-state index contributed by atoms with van der Waals surface area (Å²) in [6.07, 6.45) is 1.56. The zero-order valence-electron chi connectivity index (χ0n) is 14.9. The molecule has 1 N–H and O–H groups in total. The smallest absolute Gasteiger partial charge is 0.301 e. The highest BCUT2D eigenvalue weighted by atomic mass is 79.9. The van der Waals surface area contributed by atoms with Crippen molar-refractivity contribution < 1.29 is 14.7 Å². The summed E-state index contributed by atoms with van der Waals surface area (Å²) in [6, 6.07) is 18.6. The first-order chi connectivity index (χ1) is 14.0. The number of hydrogen-bond donors (Lipinski definition) is 1. The average Bonchev–Trinajstić information content (AvgIpc) is 3.00. The Bertz CT molecular complexity index is 1110. The fourth-order valence-electron chi connectivity index (χ4n) is 3.29. The molecule has 1 aliphatic heterocycles. The molecule has 1 saturated heterocycles. The summed E-state index contributed by atoms with van der Waals surface area (Å²) in [5.41, 5.74) is 1.19. The lowest BCUT2D eigenvalue weighted by Crippen LogP contribution is -2.30. The highest BCUT2D eigenvalue weighted by molar-refractivity contribution is 9.10. The SMILES string of the molecule is O=C1C(=O)N(c2ccc(Br)cn2)[C@@H](c2ccc(Br)cc2)/C1=C(\O)c1ccccc1. The van der Waals surface area contributed by atoms with E-state index in [1.54, 1.807) is 42.6 Å². The molecule has 4 rings (SSSR count). The normalized spacial score (nSPS) is 18.3. The molecule has 2 aromatic carbocycles. The number of nitrogens with zero attached hydrogens (tertiary/aromatic N) is 2. The first-order valence-corrected chi connectivity index (χ1v) is 10.3. The molecule has 0 radical (unpaired) electrons. The fourth-order valence-corrected chi connectivity index (χ4v) is 3.79. The van der Waals surface area contributed by atoms with Crippen molar-refractivity contribution in [2.45, 2.75) is 6.04 Å². The molecule has 29 heavy (non-hydrogen) atoms. The number of carbonyl (C=O) groups is 2. The van der Waals surface area contributed by atoms with Crippen LogP contribution >= 0.6 is 31.9 Å². The number of aliphatic hydroxyl groups excluding tert-OH is 1. The Morgan fingerprint density at radius 3 is 2.17 bits per heavy atom. The van der Waals surface area contributed by atoms with E-state index in [9.17, 15) is 14.7 Å². The zero-order chi connectivity index (χ0) is 20.5. The summed E-state index contributed by atoms with van der Waals surface area (Å²) in [5, 5.41) is 10.9. The quantitative estimate of drug-likeness (QED) is 0.295. The lowest BCUT2D eigenvalue weighted by Gasteiger charge is -2.24. The van der Waals surface area contributed by atoms with E-state index in [4.69, 9.17) is 0 Å².